The van der Waals surface area contributed by atoms with Crippen molar-refractivity contribution >= 4 is 23.8 Å². The molecule has 110 valence electrons. The van der Waals surface area contributed by atoms with Gasteiger partial charge in [0.25, 0.3) is 5.91 Å². The smallest absolute Gasteiger partial charge is 0.325 e. The number of carboxylic acids is 1. The Morgan fingerprint density at radius 3 is 2.65 bits per heavy atom. The quantitative estimate of drug-likeness (QED) is 0.670. The molecule has 0 spiro atoms. The van der Waals surface area contributed by atoms with Gasteiger partial charge in [0.15, 0.2) is 0 Å². The lowest BCUT2D eigenvalue weighted by Crippen LogP contribution is -2.49. The van der Waals surface area contributed by atoms with Gasteiger partial charge in [0.05, 0.1) is 13.0 Å². The topological polar surface area (TPSA) is 107 Å². The average Bonchev–Trinajstić information content (AvgIpc) is 2.70. The van der Waals surface area contributed by atoms with Gasteiger partial charge in [-0.05, 0) is 19.3 Å². The van der Waals surface area contributed by atoms with E-state index in [9.17, 15) is 19.2 Å². The maximum Gasteiger partial charge on any atom is 0.325 e. The first-order chi connectivity index (χ1) is 9.49. The monoisotopic (exact) mass is 283 g/mol. The third kappa shape index (κ3) is 3.06. The molecule has 0 radical (unpaired) electrons. The van der Waals surface area contributed by atoms with Crippen LogP contribution < -0.4 is 5.32 Å². The van der Waals surface area contributed by atoms with Crippen LogP contribution in [0.15, 0.2) is 0 Å². The predicted octanol–water partition coefficient (Wildman–Crippen LogP) is -0.606. The zero-order valence-electron chi connectivity index (χ0n) is 11.0. The van der Waals surface area contributed by atoms with Crippen LogP contribution in [0.3, 0.4) is 0 Å². The Balaban J connectivity index is 2.00. The van der Waals surface area contributed by atoms with Crippen molar-refractivity contribution in [1.29, 1.82) is 0 Å². The summed E-state index contributed by atoms with van der Waals surface area (Å²) in [5.41, 5.74) is 0. The van der Waals surface area contributed by atoms with E-state index in [-0.39, 0.29) is 31.5 Å². The summed E-state index contributed by atoms with van der Waals surface area (Å²) in [4.78, 5) is 48.2. The standard InChI is InChI=1S/C12H17N3O5/c16-9-6-13-12(20)15(9)7-10(17)14-4-2-1-3-8(14)5-11(18)19/h8H,1-7H2,(H,13,20)(H,18,19). The van der Waals surface area contributed by atoms with Crippen LogP contribution in [0.1, 0.15) is 25.7 Å². The number of carbonyl (C=O) groups excluding carboxylic acids is 3. The third-order valence-corrected chi connectivity index (χ3v) is 3.59. The molecule has 2 fully saturated rings. The van der Waals surface area contributed by atoms with Crippen molar-refractivity contribution in [2.75, 3.05) is 19.6 Å². The number of likely N-dealkylation sites (tertiary alicyclic amines) is 1. The van der Waals surface area contributed by atoms with E-state index >= 15 is 0 Å². The van der Waals surface area contributed by atoms with Crippen LogP contribution in [-0.2, 0) is 14.4 Å². The van der Waals surface area contributed by atoms with Crippen molar-refractivity contribution in [3.63, 3.8) is 0 Å². The lowest BCUT2D eigenvalue weighted by atomic mass is 9.99. The number of aliphatic carboxylic acids is 1. The first-order valence-electron chi connectivity index (χ1n) is 6.58. The average molecular weight is 283 g/mol. The summed E-state index contributed by atoms with van der Waals surface area (Å²) >= 11 is 0. The molecule has 20 heavy (non-hydrogen) atoms. The van der Waals surface area contributed by atoms with Gasteiger partial charge in [-0.3, -0.25) is 19.3 Å². The molecular formula is C12H17N3O5. The molecule has 2 N–H and O–H groups in total. The molecule has 2 aliphatic heterocycles. The van der Waals surface area contributed by atoms with Crippen molar-refractivity contribution in [2.24, 2.45) is 0 Å². The number of urea groups is 1. The Kier molecular flexibility index (Phi) is 4.21. The van der Waals surface area contributed by atoms with Crippen LogP contribution in [0.4, 0.5) is 4.79 Å². The van der Waals surface area contributed by atoms with Crippen molar-refractivity contribution in [3.8, 4) is 0 Å². The second-order valence-electron chi connectivity index (χ2n) is 4.97. The predicted molar refractivity (Wildman–Crippen MR) is 66.7 cm³/mol. The Labute approximate surface area is 115 Å². The van der Waals surface area contributed by atoms with E-state index in [1.807, 2.05) is 0 Å². The number of nitrogens with one attached hydrogen (secondary N) is 1. The van der Waals surface area contributed by atoms with E-state index in [0.717, 1.165) is 17.7 Å². The normalized spacial score (nSPS) is 22.9. The maximum atomic E-state index is 12.2. The van der Waals surface area contributed by atoms with Gasteiger partial charge in [0.2, 0.25) is 5.91 Å². The fourth-order valence-corrected chi connectivity index (χ4v) is 2.58. The first kappa shape index (κ1) is 14.3. The molecule has 2 rings (SSSR count). The Hall–Kier alpha value is -2.12. The van der Waals surface area contributed by atoms with Crippen molar-refractivity contribution < 1.29 is 24.3 Å². The molecule has 2 heterocycles. The molecular weight excluding hydrogens is 266 g/mol. The number of amides is 4. The van der Waals surface area contributed by atoms with Crippen LogP contribution in [0.2, 0.25) is 0 Å². The molecule has 8 nitrogen and oxygen atoms in total. The Morgan fingerprint density at radius 1 is 1.30 bits per heavy atom. The van der Waals surface area contributed by atoms with E-state index in [4.69, 9.17) is 5.11 Å². The minimum Gasteiger partial charge on any atom is -0.481 e. The fraction of sp³-hybridized carbons (Fsp3) is 0.667. The van der Waals surface area contributed by atoms with E-state index in [1.54, 1.807) is 0 Å². The first-order valence-corrected chi connectivity index (χ1v) is 6.58. The second-order valence-corrected chi connectivity index (χ2v) is 4.97. The van der Waals surface area contributed by atoms with Gasteiger partial charge in [-0.15, -0.1) is 0 Å². The molecule has 0 aromatic rings. The number of nitrogens with zero attached hydrogens (tertiary/aromatic N) is 2. The van der Waals surface area contributed by atoms with Gasteiger partial charge in [-0.25, -0.2) is 4.79 Å². The van der Waals surface area contributed by atoms with Crippen LogP contribution in [0.25, 0.3) is 0 Å². The summed E-state index contributed by atoms with van der Waals surface area (Å²) in [6, 6.07) is -0.926. The van der Waals surface area contributed by atoms with Gasteiger partial charge >= 0.3 is 12.0 Å². The third-order valence-electron chi connectivity index (χ3n) is 3.59. The zero-order valence-corrected chi connectivity index (χ0v) is 11.0. The fourth-order valence-electron chi connectivity index (χ4n) is 2.58. The second kappa shape index (κ2) is 5.89. The van der Waals surface area contributed by atoms with Gasteiger partial charge in [0, 0.05) is 12.6 Å². The molecule has 0 aliphatic carbocycles. The Morgan fingerprint density at radius 2 is 2.05 bits per heavy atom. The zero-order chi connectivity index (χ0) is 14.7. The van der Waals surface area contributed by atoms with Gasteiger partial charge in [0.1, 0.15) is 6.54 Å². The Bertz CT molecular complexity index is 434. The number of rotatable bonds is 4. The van der Waals surface area contributed by atoms with Crippen LogP contribution in [0, 0.1) is 0 Å². The number of hydrogen-bond donors (Lipinski definition) is 2. The summed E-state index contributed by atoms with van der Waals surface area (Å²) in [6.45, 7) is 0.0614. The van der Waals surface area contributed by atoms with Crippen molar-refractivity contribution in [2.45, 2.75) is 31.7 Å². The van der Waals surface area contributed by atoms with Crippen molar-refractivity contribution in [1.82, 2.24) is 15.1 Å². The molecule has 0 aromatic carbocycles. The largest absolute Gasteiger partial charge is 0.481 e. The van der Waals surface area contributed by atoms with Gasteiger partial charge in [-0.1, -0.05) is 0 Å². The highest BCUT2D eigenvalue weighted by Crippen LogP contribution is 2.20. The maximum absolute atomic E-state index is 12.2. The summed E-state index contributed by atoms with van der Waals surface area (Å²) in [5.74, 6) is -1.76. The summed E-state index contributed by atoms with van der Waals surface area (Å²) in [6.07, 6.45) is 2.22. The molecule has 8 heteroatoms. The van der Waals surface area contributed by atoms with E-state index in [1.165, 1.54) is 4.90 Å². The molecule has 2 aliphatic rings. The highest BCUT2D eigenvalue weighted by atomic mass is 16.4. The highest BCUT2D eigenvalue weighted by Gasteiger charge is 2.34. The van der Waals surface area contributed by atoms with E-state index in [0.29, 0.717) is 13.0 Å². The van der Waals surface area contributed by atoms with Gasteiger partial charge in [-0.2, -0.15) is 0 Å². The number of carboxylic acid groups (broad SMARTS) is 1. The van der Waals surface area contributed by atoms with Crippen LogP contribution in [0.5, 0.6) is 0 Å². The lowest BCUT2D eigenvalue weighted by molar-refractivity contribution is -0.143. The summed E-state index contributed by atoms with van der Waals surface area (Å²) in [7, 11) is 0. The molecule has 0 bridgehead atoms. The minimum atomic E-state index is -0.954. The molecule has 1 unspecified atom stereocenters. The van der Waals surface area contributed by atoms with Crippen LogP contribution in [-0.4, -0.2) is 64.4 Å². The molecule has 0 saturated carbocycles. The number of imide groups is 1. The lowest BCUT2D eigenvalue weighted by Gasteiger charge is -2.35. The highest BCUT2D eigenvalue weighted by molar-refractivity contribution is 6.04. The SMILES string of the molecule is O=C(O)CC1CCCCN1C(=O)CN1C(=O)CNC1=O. The van der Waals surface area contributed by atoms with E-state index < -0.39 is 17.9 Å². The molecule has 2 saturated heterocycles. The summed E-state index contributed by atoms with van der Waals surface area (Å²) < 4.78 is 0. The van der Waals surface area contributed by atoms with Gasteiger partial charge < -0.3 is 15.3 Å². The summed E-state index contributed by atoms with van der Waals surface area (Å²) in [5, 5.41) is 11.2. The number of carbonyl (C=O) groups is 4. The molecule has 1 atom stereocenters. The van der Waals surface area contributed by atoms with E-state index in [2.05, 4.69) is 5.32 Å². The number of piperidine rings is 1. The molecule has 0 aromatic heterocycles. The van der Waals surface area contributed by atoms with Crippen LogP contribution >= 0.6 is 0 Å². The van der Waals surface area contributed by atoms with Crippen molar-refractivity contribution in [3.05, 3.63) is 0 Å². The number of hydrogen-bond acceptors (Lipinski definition) is 4. The minimum absolute atomic E-state index is 0.0926. The molecule has 4 amide bonds.